The van der Waals surface area contributed by atoms with E-state index in [4.69, 9.17) is 31.6 Å². The predicted octanol–water partition coefficient (Wildman–Crippen LogP) is 6.15. The lowest BCUT2D eigenvalue weighted by molar-refractivity contribution is -0.250. The first kappa shape index (κ1) is 38.5. The highest BCUT2D eigenvalue weighted by molar-refractivity contribution is 7.82. The molecule has 12 atom stereocenters. The predicted molar refractivity (Wildman–Crippen MR) is 202 cm³/mol. The van der Waals surface area contributed by atoms with E-state index in [-0.39, 0.29) is 52.4 Å². The van der Waals surface area contributed by atoms with Crippen molar-refractivity contribution in [3.8, 4) is 0 Å². The Kier molecular flexibility index (Phi) is 10.2. The van der Waals surface area contributed by atoms with Gasteiger partial charge in [-0.25, -0.2) is 0 Å². The number of nitrogens with zero attached hydrogens (tertiary/aromatic N) is 2. The van der Waals surface area contributed by atoms with Crippen LogP contribution in [0.3, 0.4) is 0 Å². The Morgan fingerprint density at radius 3 is 2.39 bits per heavy atom. The molecule has 0 bridgehead atoms. The largest absolute Gasteiger partial charge is 0.457 e. The lowest BCUT2D eigenvalue weighted by atomic mass is 9.48. The Morgan fingerprint density at radius 1 is 1.02 bits per heavy atom. The number of carbonyl (C=O) groups excluding carboxylic acids is 2. The Bertz CT molecular complexity index is 1340. The van der Waals surface area contributed by atoms with E-state index in [1.54, 1.807) is 13.8 Å². The highest BCUT2D eigenvalue weighted by Gasteiger charge is 2.82. The van der Waals surface area contributed by atoms with Gasteiger partial charge in [-0.3, -0.25) is 19.4 Å². The van der Waals surface area contributed by atoms with Gasteiger partial charge in [0.1, 0.15) is 6.10 Å². The number of likely N-dealkylation sites (tertiary alicyclic amines) is 1. The Hall–Kier alpha value is -0.750. The summed E-state index contributed by atoms with van der Waals surface area (Å²) in [6.07, 6.45) is 7.31. The maximum Gasteiger partial charge on any atom is 0.303 e. The third-order valence-corrected chi connectivity index (χ3v) is 16.5. The van der Waals surface area contributed by atoms with Crippen molar-refractivity contribution in [2.24, 2.45) is 39.9 Å². The number of thiol groups is 1. The monoisotopic (exact) mass is 734 g/mol. The molecule has 3 aliphatic heterocycles. The zero-order valence-electron chi connectivity index (χ0n) is 33.0. The molecule has 8 rings (SSSR count). The molecule has 292 valence electrons. The van der Waals surface area contributed by atoms with Crippen molar-refractivity contribution in [1.29, 1.82) is 0 Å². The summed E-state index contributed by atoms with van der Waals surface area (Å²) in [6, 6.07) is 1.22. The average molecular weight is 735 g/mol. The van der Waals surface area contributed by atoms with Crippen molar-refractivity contribution >= 4 is 24.4 Å². The Balaban J connectivity index is 0.00000152. The number of rotatable bonds is 7. The molecule has 3 heterocycles. The van der Waals surface area contributed by atoms with E-state index < -0.39 is 29.9 Å². The molecule has 9 nitrogen and oxygen atoms in total. The molecule has 0 aromatic carbocycles. The van der Waals surface area contributed by atoms with E-state index in [9.17, 15) is 14.7 Å². The van der Waals surface area contributed by atoms with Crippen molar-refractivity contribution in [2.45, 2.75) is 173 Å². The van der Waals surface area contributed by atoms with E-state index in [1.807, 2.05) is 13.8 Å². The van der Waals surface area contributed by atoms with E-state index in [0.29, 0.717) is 30.3 Å². The molecular weight excluding hydrogens is 665 g/mol. The van der Waals surface area contributed by atoms with Crippen molar-refractivity contribution < 1.29 is 35.1 Å². The van der Waals surface area contributed by atoms with Gasteiger partial charge < -0.3 is 24.1 Å². The normalized spacial score (nSPS) is 45.5. The quantitative estimate of drug-likeness (QED) is 0.236. The minimum absolute atomic E-state index is 0. The molecule has 0 amide bonds. The molecule has 51 heavy (non-hydrogen) atoms. The number of morpholine rings is 1. The summed E-state index contributed by atoms with van der Waals surface area (Å²) in [7, 11) is 0. The number of aliphatic hydroxyl groups is 1. The Labute approximate surface area is 314 Å². The number of hydrogen-bond donors (Lipinski definition) is 2. The molecule has 0 radical (unpaired) electrons. The lowest BCUT2D eigenvalue weighted by Crippen LogP contribution is -2.64. The molecule has 5 aliphatic carbocycles. The fraction of sp³-hybridized carbons (Fsp3) is 0.951. The van der Waals surface area contributed by atoms with E-state index in [1.165, 1.54) is 19.8 Å². The van der Waals surface area contributed by atoms with Crippen LogP contribution in [0.1, 0.15) is 122 Å². The number of esters is 1. The first-order valence-corrected chi connectivity index (χ1v) is 21.0. The van der Waals surface area contributed by atoms with Gasteiger partial charge in [-0.05, 0) is 114 Å². The summed E-state index contributed by atoms with van der Waals surface area (Å²) in [6.45, 7) is 23.0. The van der Waals surface area contributed by atoms with Crippen LogP contribution in [0.25, 0.3) is 0 Å². The van der Waals surface area contributed by atoms with Crippen LogP contribution in [0.5, 0.6) is 0 Å². The summed E-state index contributed by atoms with van der Waals surface area (Å²) in [5.41, 5.74) is -0.761. The molecule has 12 unspecified atom stereocenters. The van der Waals surface area contributed by atoms with Crippen molar-refractivity contribution in [2.75, 3.05) is 32.8 Å². The molecule has 8 aliphatic rings. The number of ether oxygens (including phenoxy) is 4. The van der Waals surface area contributed by atoms with Crippen LogP contribution in [0, 0.1) is 39.9 Å². The summed E-state index contributed by atoms with van der Waals surface area (Å²) in [5, 5.41) is 10.9. The van der Waals surface area contributed by atoms with E-state index in [0.717, 1.165) is 71.3 Å². The first-order chi connectivity index (χ1) is 24.0. The van der Waals surface area contributed by atoms with Gasteiger partial charge in [-0.2, -0.15) is 12.6 Å². The van der Waals surface area contributed by atoms with Crippen LogP contribution in [-0.2, 0) is 28.5 Å². The fourth-order valence-corrected chi connectivity index (χ4v) is 13.9. The van der Waals surface area contributed by atoms with Crippen LogP contribution in [-0.4, -0.2) is 113 Å². The van der Waals surface area contributed by atoms with Gasteiger partial charge in [0.25, 0.3) is 0 Å². The summed E-state index contributed by atoms with van der Waals surface area (Å²) >= 11 is 5.46. The standard InChI is InChI=1S/C39H62N2O7S.C2H6.H2/c1-22(2)41-18-24(19-41)40-16-17-45-30(20-40)48-29-12-13-38-21-37(38)14-15-39(49)26-8-10-27(34(36(6,7)44)46-23(3)42)47-33(26)32(43)31(39)25(37)9-11-28(38)35(29,4)5;1-2;/h22,24-31,33-34,44,49H,8-21H2,1-7H3;1-2H3;1H. The molecule has 3 saturated heterocycles. The van der Waals surface area contributed by atoms with E-state index in [2.05, 4.69) is 37.5 Å². The third kappa shape index (κ3) is 6.01. The van der Waals surface area contributed by atoms with Crippen molar-refractivity contribution in [3.63, 3.8) is 0 Å². The minimum Gasteiger partial charge on any atom is -0.457 e. The number of hydrogen-bond acceptors (Lipinski definition) is 10. The third-order valence-electron chi connectivity index (χ3n) is 15.7. The smallest absolute Gasteiger partial charge is 0.303 e. The number of Topliss-reactive ketones (excluding diaryl/α,β-unsaturated/α-hetero) is 1. The van der Waals surface area contributed by atoms with Gasteiger partial charge in [-0.1, -0.05) is 27.7 Å². The van der Waals surface area contributed by atoms with Gasteiger partial charge in [-0.15, -0.1) is 0 Å². The van der Waals surface area contributed by atoms with Crippen LogP contribution in [0.4, 0.5) is 0 Å². The topological polar surface area (TPSA) is 97.8 Å². The van der Waals surface area contributed by atoms with Gasteiger partial charge in [0.2, 0.25) is 0 Å². The van der Waals surface area contributed by atoms with Crippen LogP contribution < -0.4 is 0 Å². The van der Waals surface area contributed by atoms with Gasteiger partial charge >= 0.3 is 5.97 Å². The first-order valence-electron chi connectivity index (χ1n) is 20.6. The Morgan fingerprint density at radius 2 is 1.73 bits per heavy atom. The molecular formula is C41H70N2O7S. The molecule has 0 aromatic rings. The molecule has 0 aromatic heterocycles. The maximum absolute atomic E-state index is 14.6. The summed E-state index contributed by atoms with van der Waals surface area (Å²) in [4.78, 5) is 31.7. The second kappa shape index (κ2) is 13.5. The lowest BCUT2D eigenvalue weighted by Gasteiger charge is -2.59. The van der Waals surface area contributed by atoms with Gasteiger partial charge in [0.15, 0.2) is 18.2 Å². The zero-order chi connectivity index (χ0) is 36.9. The highest BCUT2D eigenvalue weighted by Crippen LogP contribution is 2.86. The molecule has 5 saturated carbocycles. The van der Waals surface area contributed by atoms with Crippen molar-refractivity contribution in [3.05, 3.63) is 0 Å². The second-order valence-corrected chi connectivity index (χ2v) is 19.9. The number of ketones is 1. The van der Waals surface area contributed by atoms with Gasteiger partial charge in [0.05, 0.1) is 24.4 Å². The minimum atomic E-state index is -1.27. The SMILES string of the molecule is CC.CC(=O)OC(C1CCC2C(O1)C(=O)C1C3CCC4C(C)(C)C(OC5CN(C6CN(C(C)C)C6)CCO5)CCC45CC35CCC21S)C(C)(C)O.[HH]. The summed E-state index contributed by atoms with van der Waals surface area (Å²) in [5.74, 6) is 0.623. The van der Waals surface area contributed by atoms with Crippen LogP contribution in [0.15, 0.2) is 0 Å². The maximum atomic E-state index is 14.6. The number of carbonyl (C=O) groups is 2. The molecule has 8 fully saturated rings. The average Bonchev–Trinajstić information content (AvgIpc) is 3.66. The molecule has 1 N–H and O–H groups in total. The highest BCUT2D eigenvalue weighted by atomic mass is 32.1. The second-order valence-electron chi connectivity index (χ2n) is 19.0. The number of fused-ring (bicyclic) bond motifs is 4. The van der Waals surface area contributed by atoms with Crippen molar-refractivity contribution in [1.82, 2.24) is 9.80 Å². The molecule has 10 heteroatoms. The zero-order valence-corrected chi connectivity index (χ0v) is 33.9. The summed E-state index contributed by atoms with van der Waals surface area (Å²) < 4.78 is 25.0. The van der Waals surface area contributed by atoms with Crippen LogP contribution >= 0.6 is 12.6 Å². The fourth-order valence-electron chi connectivity index (χ4n) is 13.3. The van der Waals surface area contributed by atoms with Crippen LogP contribution in [0.2, 0.25) is 0 Å². The van der Waals surface area contributed by atoms with Gasteiger partial charge in [0, 0.05) is 63.2 Å². The molecule has 2 spiro atoms. The van der Waals surface area contributed by atoms with E-state index >= 15 is 0 Å².